The highest BCUT2D eigenvalue weighted by Gasteiger charge is 2.07. The predicted octanol–water partition coefficient (Wildman–Crippen LogP) is 4.10. The molecule has 0 aliphatic rings. The van der Waals surface area contributed by atoms with E-state index in [0.29, 0.717) is 22.9 Å². The van der Waals surface area contributed by atoms with Crippen LogP contribution in [0.15, 0.2) is 42.5 Å². The van der Waals surface area contributed by atoms with Gasteiger partial charge in [-0.3, -0.25) is 0 Å². The number of methoxy groups -OCH3 is 1. The molecule has 2 nitrogen and oxygen atoms in total. The van der Waals surface area contributed by atoms with Crippen molar-refractivity contribution in [2.45, 2.75) is 6.54 Å². The summed E-state index contributed by atoms with van der Waals surface area (Å²) in [5.41, 5.74) is 1.25. The number of rotatable bonds is 4. The van der Waals surface area contributed by atoms with Gasteiger partial charge in [0.25, 0.3) is 0 Å². The molecule has 0 aliphatic carbocycles. The Morgan fingerprint density at radius 2 is 1.94 bits per heavy atom. The molecule has 0 unspecified atom stereocenters. The molecule has 0 atom stereocenters. The number of benzene rings is 2. The van der Waals surface area contributed by atoms with Crippen LogP contribution in [0.3, 0.4) is 0 Å². The van der Waals surface area contributed by atoms with Gasteiger partial charge in [-0.15, -0.1) is 0 Å². The summed E-state index contributed by atoms with van der Waals surface area (Å²) in [4.78, 5) is 0. The number of hydrogen-bond donors (Lipinski definition) is 1. The van der Waals surface area contributed by atoms with Gasteiger partial charge in [0.1, 0.15) is 11.6 Å². The second kappa shape index (κ2) is 5.74. The summed E-state index contributed by atoms with van der Waals surface area (Å²) in [5.74, 6) is 0.398. The lowest BCUT2D eigenvalue weighted by molar-refractivity contribution is 0.416. The van der Waals surface area contributed by atoms with Crippen LogP contribution >= 0.6 is 11.6 Å². The fraction of sp³-hybridized carbons (Fsp3) is 0.143. The standard InChI is InChI=1S/C14H13ClFNO/c1-18-14-8-3-2-7-13(14)17-9-10-11(15)5-4-6-12(10)16/h2-8,17H,9H2,1H3. The number of hydrogen-bond acceptors (Lipinski definition) is 2. The molecule has 0 radical (unpaired) electrons. The molecule has 0 saturated carbocycles. The third-order valence-corrected chi connectivity index (χ3v) is 2.98. The molecular weight excluding hydrogens is 253 g/mol. The Labute approximate surface area is 110 Å². The van der Waals surface area contributed by atoms with Gasteiger partial charge in [0, 0.05) is 17.1 Å². The summed E-state index contributed by atoms with van der Waals surface area (Å²) in [7, 11) is 1.59. The predicted molar refractivity (Wildman–Crippen MR) is 71.7 cm³/mol. The van der Waals surface area contributed by atoms with E-state index in [-0.39, 0.29) is 5.82 Å². The van der Waals surface area contributed by atoms with Gasteiger partial charge in [0.05, 0.1) is 12.8 Å². The zero-order chi connectivity index (χ0) is 13.0. The second-order valence-electron chi connectivity index (χ2n) is 3.75. The Balaban J connectivity index is 2.16. The maximum Gasteiger partial charge on any atom is 0.141 e. The first-order valence-corrected chi connectivity index (χ1v) is 5.90. The van der Waals surface area contributed by atoms with Crippen LogP contribution < -0.4 is 10.1 Å². The zero-order valence-corrected chi connectivity index (χ0v) is 10.7. The molecule has 0 spiro atoms. The van der Waals surface area contributed by atoms with Gasteiger partial charge < -0.3 is 10.1 Å². The largest absolute Gasteiger partial charge is 0.495 e. The van der Waals surface area contributed by atoms with Crippen molar-refractivity contribution in [1.82, 2.24) is 0 Å². The van der Waals surface area contributed by atoms with Crippen LogP contribution in [0, 0.1) is 5.82 Å². The van der Waals surface area contributed by atoms with Gasteiger partial charge >= 0.3 is 0 Å². The Kier molecular flexibility index (Phi) is 4.05. The first kappa shape index (κ1) is 12.7. The summed E-state index contributed by atoms with van der Waals surface area (Å²) in [6.45, 7) is 0.311. The quantitative estimate of drug-likeness (QED) is 0.899. The molecule has 94 valence electrons. The zero-order valence-electron chi connectivity index (χ0n) is 9.91. The summed E-state index contributed by atoms with van der Waals surface area (Å²) >= 11 is 5.96. The molecule has 0 aromatic heterocycles. The average molecular weight is 266 g/mol. The van der Waals surface area contributed by atoms with Crippen molar-refractivity contribution in [3.63, 3.8) is 0 Å². The van der Waals surface area contributed by atoms with Crippen molar-refractivity contribution in [1.29, 1.82) is 0 Å². The van der Waals surface area contributed by atoms with Gasteiger partial charge in [-0.05, 0) is 24.3 Å². The Bertz CT molecular complexity index is 525. The monoisotopic (exact) mass is 265 g/mol. The maximum absolute atomic E-state index is 13.6. The minimum absolute atomic E-state index is 0.311. The fourth-order valence-corrected chi connectivity index (χ4v) is 1.91. The normalized spacial score (nSPS) is 10.2. The van der Waals surface area contributed by atoms with Crippen molar-refractivity contribution in [2.75, 3.05) is 12.4 Å². The first-order chi connectivity index (χ1) is 8.72. The molecule has 2 aromatic carbocycles. The minimum Gasteiger partial charge on any atom is -0.495 e. The topological polar surface area (TPSA) is 21.3 Å². The highest BCUT2D eigenvalue weighted by atomic mass is 35.5. The van der Waals surface area contributed by atoms with E-state index in [0.717, 1.165) is 5.69 Å². The molecule has 0 aliphatic heterocycles. The molecule has 18 heavy (non-hydrogen) atoms. The summed E-state index contributed by atoms with van der Waals surface area (Å²) in [6, 6.07) is 12.1. The molecule has 4 heteroatoms. The molecule has 0 heterocycles. The molecule has 0 saturated heterocycles. The van der Waals surface area contributed by atoms with Gasteiger partial charge in [-0.25, -0.2) is 4.39 Å². The van der Waals surface area contributed by atoms with Crippen LogP contribution in [-0.2, 0) is 6.54 Å². The number of ether oxygens (including phenoxy) is 1. The van der Waals surface area contributed by atoms with E-state index in [1.807, 2.05) is 24.3 Å². The smallest absolute Gasteiger partial charge is 0.141 e. The molecule has 1 N–H and O–H groups in total. The number of halogens is 2. The van der Waals surface area contributed by atoms with Crippen LogP contribution in [0.5, 0.6) is 5.75 Å². The lowest BCUT2D eigenvalue weighted by atomic mass is 10.2. The van der Waals surface area contributed by atoms with Crippen molar-refractivity contribution >= 4 is 17.3 Å². The van der Waals surface area contributed by atoms with Crippen LogP contribution in [0.4, 0.5) is 10.1 Å². The Morgan fingerprint density at radius 3 is 2.67 bits per heavy atom. The first-order valence-electron chi connectivity index (χ1n) is 5.52. The number of anilines is 1. The van der Waals surface area contributed by atoms with Gasteiger partial charge in [0.2, 0.25) is 0 Å². The fourth-order valence-electron chi connectivity index (χ4n) is 1.68. The van der Waals surface area contributed by atoms with E-state index in [4.69, 9.17) is 16.3 Å². The van der Waals surface area contributed by atoms with Gasteiger partial charge in [-0.1, -0.05) is 29.8 Å². The second-order valence-corrected chi connectivity index (χ2v) is 4.16. The number of nitrogens with one attached hydrogen (secondary N) is 1. The number of para-hydroxylation sites is 2. The molecular formula is C14H13ClFNO. The highest BCUT2D eigenvalue weighted by molar-refractivity contribution is 6.31. The Morgan fingerprint density at radius 1 is 1.17 bits per heavy atom. The molecule has 2 rings (SSSR count). The van der Waals surface area contributed by atoms with E-state index in [2.05, 4.69) is 5.32 Å². The molecule has 0 fully saturated rings. The van der Waals surface area contributed by atoms with Gasteiger partial charge in [-0.2, -0.15) is 0 Å². The van der Waals surface area contributed by atoms with E-state index < -0.39 is 0 Å². The average Bonchev–Trinajstić information content (AvgIpc) is 2.38. The van der Waals surface area contributed by atoms with Crippen molar-refractivity contribution in [3.05, 3.63) is 58.9 Å². The van der Waals surface area contributed by atoms with Crippen LogP contribution in [0.25, 0.3) is 0 Å². The molecule has 0 amide bonds. The van der Waals surface area contributed by atoms with Gasteiger partial charge in [0.15, 0.2) is 0 Å². The van der Waals surface area contributed by atoms with E-state index in [9.17, 15) is 4.39 Å². The third kappa shape index (κ3) is 2.74. The summed E-state index contributed by atoms with van der Waals surface area (Å²) in [6.07, 6.45) is 0. The third-order valence-electron chi connectivity index (χ3n) is 2.62. The van der Waals surface area contributed by atoms with Crippen LogP contribution in [0.1, 0.15) is 5.56 Å². The van der Waals surface area contributed by atoms with E-state index >= 15 is 0 Å². The van der Waals surface area contributed by atoms with Crippen molar-refractivity contribution in [3.8, 4) is 5.75 Å². The lowest BCUT2D eigenvalue weighted by Crippen LogP contribution is -2.03. The van der Waals surface area contributed by atoms with Crippen molar-refractivity contribution < 1.29 is 9.13 Å². The summed E-state index contributed by atoms with van der Waals surface area (Å²) in [5, 5.41) is 3.53. The maximum atomic E-state index is 13.6. The van der Waals surface area contributed by atoms with E-state index in [1.54, 1.807) is 19.2 Å². The van der Waals surface area contributed by atoms with Crippen LogP contribution in [0.2, 0.25) is 5.02 Å². The van der Waals surface area contributed by atoms with Crippen LogP contribution in [-0.4, -0.2) is 7.11 Å². The SMILES string of the molecule is COc1ccccc1NCc1c(F)cccc1Cl. The minimum atomic E-state index is -0.315. The Hall–Kier alpha value is -1.74. The highest BCUT2D eigenvalue weighted by Crippen LogP contribution is 2.25. The molecule has 0 bridgehead atoms. The summed E-state index contributed by atoms with van der Waals surface area (Å²) < 4.78 is 18.8. The van der Waals surface area contributed by atoms with E-state index in [1.165, 1.54) is 6.07 Å². The lowest BCUT2D eigenvalue weighted by Gasteiger charge is -2.12. The van der Waals surface area contributed by atoms with Crippen molar-refractivity contribution in [2.24, 2.45) is 0 Å². The molecule has 2 aromatic rings.